The van der Waals surface area contributed by atoms with Crippen molar-refractivity contribution in [3.63, 3.8) is 0 Å². The third kappa shape index (κ3) is 3.84. The molecule has 3 amide bonds. The van der Waals surface area contributed by atoms with Gasteiger partial charge in [-0.05, 0) is 31.2 Å². The van der Waals surface area contributed by atoms with E-state index in [9.17, 15) is 14.4 Å². The number of esters is 1. The monoisotopic (exact) mass is 387 g/mol. The molecule has 2 aliphatic rings. The number of fused-ring (bicyclic) bond motifs is 1. The number of piperazine rings is 1. The molecule has 2 saturated heterocycles. The fraction of sp³-hybridized carbons (Fsp3) is 0.571. The Hall–Kier alpha value is -2.57. The number of nitrogens with one attached hydrogen (secondary N) is 1. The van der Waals surface area contributed by atoms with E-state index in [4.69, 9.17) is 4.74 Å². The highest BCUT2D eigenvalue weighted by atomic mass is 16.5. The predicted octanol–water partition coefficient (Wildman–Crippen LogP) is 1.81. The summed E-state index contributed by atoms with van der Waals surface area (Å²) in [5, 5.41) is 3.06. The number of urea groups is 1. The summed E-state index contributed by atoms with van der Waals surface area (Å²) in [6, 6.07) is 8.23. The van der Waals surface area contributed by atoms with Crippen molar-refractivity contribution < 1.29 is 19.1 Å². The van der Waals surface area contributed by atoms with Gasteiger partial charge >= 0.3 is 12.0 Å². The lowest BCUT2D eigenvalue weighted by Crippen LogP contribution is -2.65. The minimum absolute atomic E-state index is 0.120. The molecule has 0 spiro atoms. The molecule has 1 N–H and O–H groups in total. The molecule has 0 aromatic heterocycles. The van der Waals surface area contributed by atoms with E-state index in [0.717, 1.165) is 5.56 Å². The van der Waals surface area contributed by atoms with Crippen molar-refractivity contribution in [2.75, 3.05) is 13.7 Å². The summed E-state index contributed by atoms with van der Waals surface area (Å²) in [7, 11) is 1.32. The maximum absolute atomic E-state index is 13.2. The minimum Gasteiger partial charge on any atom is -0.467 e. The summed E-state index contributed by atoms with van der Waals surface area (Å²) >= 11 is 0. The number of carbonyl (C=O) groups excluding carboxylic acids is 3. The van der Waals surface area contributed by atoms with Gasteiger partial charge in [-0.1, -0.05) is 44.2 Å². The van der Waals surface area contributed by atoms with Crippen molar-refractivity contribution in [3.8, 4) is 0 Å². The number of hydrogen-bond donors (Lipinski definition) is 1. The minimum atomic E-state index is -0.678. The highest BCUT2D eigenvalue weighted by molar-refractivity contribution is 5.92. The maximum Gasteiger partial charge on any atom is 0.328 e. The van der Waals surface area contributed by atoms with Crippen LogP contribution in [0.3, 0.4) is 0 Å². The van der Waals surface area contributed by atoms with Gasteiger partial charge in [0, 0.05) is 6.54 Å². The van der Waals surface area contributed by atoms with Crippen LogP contribution in [-0.4, -0.2) is 65.5 Å². The van der Waals surface area contributed by atoms with E-state index < -0.39 is 18.1 Å². The summed E-state index contributed by atoms with van der Waals surface area (Å²) in [5.41, 5.74) is 1.12. The molecule has 0 aliphatic carbocycles. The summed E-state index contributed by atoms with van der Waals surface area (Å²) in [4.78, 5) is 41.3. The molecule has 3 rings (SSSR count). The van der Waals surface area contributed by atoms with Gasteiger partial charge in [0.05, 0.1) is 19.2 Å². The molecule has 7 nitrogen and oxygen atoms in total. The smallest absolute Gasteiger partial charge is 0.328 e. The van der Waals surface area contributed by atoms with Gasteiger partial charge in [0.15, 0.2) is 0 Å². The number of methoxy groups -OCH3 is 1. The largest absolute Gasteiger partial charge is 0.467 e. The van der Waals surface area contributed by atoms with Gasteiger partial charge in [-0.2, -0.15) is 0 Å². The Kier molecular flexibility index (Phi) is 5.91. The van der Waals surface area contributed by atoms with Crippen molar-refractivity contribution in [1.82, 2.24) is 15.1 Å². The zero-order valence-corrected chi connectivity index (χ0v) is 16.9. The normalized spacial score (nSPS) is 25.5. The molecule has 0 saturated carbocycles. The molecule has 0 bridgehead atoms. The summed E-state index contributed by atoms with van der Waals surface area (Å²) in [6.07, 6.45) is 1.24. The molecule has 4 atom stereocenters. The molecule has 1 aromatic carbocycles. The second kappa shape index (κ2) is 8.20. The van der Waals surface area contributed by atoms with Crippen LogP contribution in [0, 0.1) is 5.92 Å². The first kappa shape index (κ1) is 20.2. The van der Waals surface area contributed by atoms with Crippen molar-refractivity contribution in [1.29, 1.82) is 0 Å². The van der Waals surface area contributed by atoms with E-state index in [1.165, 1.54) is 7.11 Å². The first-order chi connectivity index (χ1) is 13.3. The van der Waals surface area contributed by atoms with Crippen LogP contribution < -0.4 is 5.32 Å². The number of ether oxygens (including phenoxy) is 1. The summed E-state index contributed by atoms with van der Waals surface area (Å²) in [5.74, 6) is -0.385. The van der Waals surface area contributed by atoms with Gasteiger partial charge in [-0.25, -0.2) is 9.59 Å². The maximum atomic E-state index is 13.2. The van der Waals surface area contributed by atoms with E-state index in [1.807, 2.05) is 44.2 Å². The van der Waals surface area contributed by atoms with Crippen molar-refractivity contribution in [3.05, 3.63) is 35.9 Å². The van der Waals surface area contributed by atoms with Gasteiger partial charge < -0.3 is 19.9 Å². The average Bonchev–Trinajstić information content (AvgIpc) is 2.98. The molecule has 0 unspecified atom stereocenters. The fourth-order valence-corrected chi connectivity index (χ4v) is 4.23. The second-order valence-electron chi connectivity index (χ2n) is 8.06. The molecular formula is C21H29N3O4. The van der Waals surface area contributed by atoms with Crippen molar-refractivity contribution in [2.45, 2.75) is 57.8 Å². The molecule has 7 heteroatoms. The standard InChI is InChI=1S/C21H29N3O4/c1-13(2)10-17-19(25)23(14(3)20(26)28-4)12-18-16(22-21(27)24(17)18)11-15-8-6-5-7-9-15/h5-9,13-14,16-18H,10-12H2,1-4H3,(H,22,27)/t14-,16-,17-,18-/m0/s1. The Balaban J connectivity index is 1.90. The third-order valence-electron chi connectivity index (χ3n) is 5.66. The van der Waals surface area contributed by atoms with Gasteiger partial charge in [-0.15, -0.1) is 0 Å². The zero-order valence-electron chi connectivity index (χ0n) is 16.9. The first-order valence-electron chi connectivity index (χ1n) is 9.84. The van der Waals surface area contributed by atoms with E-state index in [2.05, 4.69) is 5.32 Å². The topological polar surface area (TPSA) is 79.0 Å². The lowest BCUT2D eigenvalue weighted by Gasteiger charge is -2.45. The Morgan fingerprint density at radius 2 is 1.89 bits per heavy atom. The number of hydrogen-bond acceptors (Lipinski definition) is 4. The number of carbonyl (C=O) groups is 3. The Labute approximate surface area is 166 Å². The van der Waals surface area contributed by atoms with Crippen LogP contribution >= 0.6 is 0 Å². The predicted molar refractivity (Wildman–Crippen MR) is 105 cm³/mol. The second-order valence-corrected chi connectivity index (χ2v) is 8.06. The molecule has 1 aromatic rings. The fourth-order valence-electron chi connectivity index (χ4n) is 4.23. The van der Waals surface area contributed by atoms with E-state index in [-0.39, 0.29) is 29.9 Å². The number of benzene rings is 1. The van der Waals surface area contributed by atoms with Crippen LogP contribution in [0.4, 0.5) is 4.79 Å². The van der Waals surface area contributed by atoms with Gasteiger partial charge in [-0.3, -0.25) is 4.79 Å². The van der Waals surface area contributed by atoms with Crippen LogP contribution in [-0.2, 0) is 20.7 Å². The summed E-state index contributed by atoms with van der Waals surface area (Å²) in [6.45, 7) is 6.06. The molecular weight excluding hydrogens is 358 g/mol. The van der Waals surface area contributed by atoms with E-state index >= 15 is 0 Å². The quantitative estimate of drug-likeness (QED) is 0.755. The molecule has 28 heavy (non-hydrogen) atoms. The van der Waals surface area contributed by atoms with Crippen LogP contribution in [0.25, 0.3) is 0 Å². The third-order valence-corrected chi connectivity index (χ3v) is 5.66. The number of amides is 3. The van der Waals surface area contributed by atoms with Crippen LogP contribution in [0.1, 0.15) is 32.8 Å². The Morgan fingerprint density at radius 1 is 1.21 bits per heavy atom. The SMILES string of the molecule is COC(=O)[C@H](C)N1C[C@H]2[C@H](Cc3ccccc3)NC(=O)N2[C@@H](CC(C)C)C1=O. The van der Waals surface area contributed by atoms with Gasteiger partial charge in [0.2, 0.25) is 5.91 Å². The average molecular weight is 387 g/mol. The Morgan fingerprint density at radius 3 is 2.50 bits per heavy atom. The van der Waals surface area contributed by atoms with Crippen molar-refractivity contribution >= 4 is 17.9 Å². The van der Waals surface area contributed by atoms with Crippen LogP contribution in [0.2, 0.25) is 0 Å². The Bertz CT molecular complexity index is 736. The number of nitrogens with zero attached hydrogens (tertiary/aromatic N) is 2. The summed E-state index contributed by atoms with van der Waals surface area (Å²) < 4.78 is 4.86. The van der Waals surface area contributed by atoms with Crippen LogP contribution in [0.5, 0.6) is 0 Å². The van der Waals surface area contributed by atoms with E-state index in [1.54, 1.807) is 16.7 Å². The number of rotatable bonds is 6. The lowest BCUT2D eigenvalue weighted by atomic mass is 9.92. The molecule has 152 valence electrons. The van der Waals surface area contributed by atoms with Gasteiger partial charge in [0.25, 0.3) is 0 Å². The molecule has 0 radical (unpaired) electrons. The first-order valence-corrected chi connectivity index (χ1v) is 9.84. The van der Waals surface area contributed by atoms with E-state index in [0.29, 0.717) is 19.4 Å². The molecule has 2 aliphatic heterocycles. The van der Waals surface area contributed by atoms with Gasteiger partial charge in [0.1, 0.15) is 12.1 Å². The highest BCUT2D eigenvalue weighted by Crippen LogP contribution is 2.30. The highest BCUT2D eigenvalue weighted by Gasteiger charge is 2.52. The van der Waals surface area contributed by atoms with Crippen molar-refractivity contribution in [2.24, 2.45) is 5.92 Å². The molecule has 2 fully saturated rings. The zero-order chi connectivity index (χ0) is 20.4. The van der Waals surface area contributed by atoms with Crippen LogP contribution in [0.15, 0.2) is 30.3 Å². The lowest BCUT2D eigenvalue weighted by molar-refractivity contribution is -0.158. The molecule has 2 heterocycles.